The van der Waals surface area contributed by atoms with E-state index < -0.39 is 0 Å². The molecule has 12 heteroatoms. The maximum atomic E-state index is 13.5. The zero-order valence-electron chi connectivity index (χ0n) is 25.8. The molecule has 0 bridgehead atoms. The number of likely N-dealkylation sites (N-methyl/N-ethyl adjacent to an activating group) is 1. The summed E-state index contributed by atoms with van der Waals surface area (Å²) in [5.41, 5.74) is 5.05. The number of nitrogens with zero attached hydrogens (tertiary/aromatic N) is 6. The molecule has 0 saturated carbocycles. The second kappa shape index (κ2) is 13.0. The molecule has 1 amide bonds. The Bertz CT molecular complexity index is 1900. The van der Waals surface area contributed by atoms with E-state index in [0.29, 0.717) is 23.2 Å². The summed E-state index contributed by atoms with van der Waals surface area (Å²) < 4.78 is 21.5. The molecule has 0 unspecified atom stereocenters. The van der Waals surface area contributed by atoms with E-state index >= 15 is 0 Å². The van der Waals surface area contributed by atoms with Crippen LogP contribution >= 0.6 is 22.9 Å². The first-order chi connectivity index (χ1) is 22.3. The third-order valence-electron chi connectivity index (χ3n) is 8.62. The number of piperidine rings is 1. The normalized spacial score (nSPS) is 14.8. The van der Waals surface area contributed by atoms with Gasteiger partial charge in [0.2, 0.25) is 5.91 Å². The van der Waals surface area contributed by atoms with Crippen molar-refractivity contribution >= 4 is 50.6 Å². The van der Waals surface area contributed by atoms with Gasteiger partial charge in [0, 0.05) is 42.0 Å². The number of carbonyl (C=O) groups is 1. The lowest BCUT2D eigenvalue weighted by molar-refractivity contribution is -0.133. The maximum Gasteiger partial charge on any atom is 0.236 e. The van der Waals surface area contributed by atoms with Gasteiger partial charge in [-0.05, 0) is 87.2 Å². The molecule has 238 valence electrons. The molecule has 2 aliphatic rings. The van der Waals surface area contributed by atoms with Gasteiger partial charge in [-0.3, -0.25) is 9.48 Å². The van der Waals surface area contributed by atoms with Gasteiger partial charge in [-0.1, -0.05) is 23.7 Å². The Labute approximate surface area is 276 Å². The van der Waals surface area contributed by atoms with Crippen LogP contribution in [-0.4, -0.2) is 69.2 Å². The second-order valence-electron chi connectivity index (χ2n) is 12.3. The van der Waals surface area contributed by atoms with Crippen LogP contribution in [0.15, 0.2) is 55.0 Å². The van der Waals surface area contributed by atoms with E-state index in [1.165, 1.54) is 28.1 Å². The van der Waals surface area contributed by atoms with Crippen LogP contribution in [-0.2, 0) is 30.8 Å². The number of likely N-dealkylation sites (tertiary alicyclic amines) is 1. The Morgan fingerprint density at radius 1 is 1.15 bits per heavy atom. The summed E-state index contributed by atoms with van der Waals surface area (Å²) in [7, 11) is 3.86. The van der Waals surface area contributed by atoms with Crippen LogP contribution in [0.1, 0.15) is 29.7 Å². The summed E-state index contributed by atoms with van der Waals surface area (Å²) in [6.07, 6.45) is 7.48. The number of aryl methyl sites for hydroxylation is 2. The number of anilines is 2. The molecule has 1 aliphatic carbocycles. The van der Waals surface area contributed by atoms with Gasteiger partial charge in [-0.15, -0.1) is 11.3 Å². The summed E-state index contributed by atoms with van der Waals surface area (Å²) >= 11 is 8.26. The minimum absolute atomic E-state index is 0.207. The zero-order chi connectivity index (χ0) is 31.8. The first-order valence-corrected chi connectivity index (χ1v) is 16.7. The molecule has 46 heavy (non-hydrogen) atoms. The number of carbonyl (C=O) groups excluding carboxylic acids is 1. The number of rotatable bonds is 9. The quantitative estimate of drug-likeness (QED) is 0.192. The van der Waals surface area contributed by atoms with Gasteiger partial charge in [0.25, 0.3) is 0 Å². The third-order valence-corrected chi connectivity index (χ3v) is 10.1. The predicted molar refractivity (Wildman–Crippen MR) is 179 cm³/mol. The first kappa shape index (κ1) is 30.6. The van der Waals surface area contributed by atoms with Crippen molar-refractivity contribution in [1.29, 1.82) is 0 Å². The van der Waals surface area contributed by atoms with Crippen LogP contribution < -0.4 is 10.1 Å². The lowest BCUT2D eigenvalue weighted by atomic mass is 9.95. The highest BCUT2D eigenvalue weighted by atomic mass is 35.5. The molecule has 9 nitrogen and oxygen atoms in total. The minimum atomic E-state index is -0.300. The van der Waals surface area contributed by atoms with Gasteiger partial charge in [0.1, 0.15) is 35.1 Å². The van der Waals surface area contributed by atoms with E-state index in [-0.39, 0.29) is 18.3 Å². The van der Waals surface area contributed by atoms with E-state index in [1.807, 2.05) is 36.0 Å². The molecule has 1 fully saturated rings. The van der Waals surface area contributed by atoms with Crippen molar-refractivity contribution in [2.24, 2.45) is 5.92 Å². The molecule has 1 aliphatic heterocycles. The number of hydrogen-bond acceptors (Lipinski definition) is 8. The molecule has 4 heterocycles. The number of nitrogens with one attached hydrogen (secondary N) is 1. The highest BCUT2D eigenvalue weighted by Crippen LogP contribution is 2.45. The SMILES string of the molecule is CN(C)CC(=O)N1CCC(Cn2cc3c(n2)CCc2c-3sc3ncnc(Nc4ccc(OCc5cccc(F)c5)c(Cl)c4)c23)CC1. The Balaban J connectivity index is 1.05. The topological polar surface area (TPSA) is 88.4 Å². The van der Waals surface area contributed by atoms with Gasteiger partial charge < -0.3 is 19.9 Å². The number of fused-ring (bicyclic) bond motifs is 5. The first-order valence-electron chi connectivity index (χ1n) is 15.5. The average Bonchev–Trinajstić information content (AvgIpc) is 3.62. The Morgan fingerprint density at radius 3 is 2.78 bits per heavy atom. The molecule has 7 rings (SSSR count). The molecule has 2 aromatic carbocycles. The van der Waals surface area contributed by atoms with Crippen molar-refractivity contribution in [2.45, 2.75) is 38.8 Å². The summed E-state index contributed by atoms with van der Waals surface area (Å²) in [4.78, 5) is 27.8. The highest BCUT2D eigenvalue weighted by Gasteiger charge is 2.28. The third kappa shape index (κ3) is 6.44. The fourth-order valence-corrected chi connectivity index (χ4v) is 7.79. The summed E-state index contributed by atoms with van der Waals surface area (Å²) in [5.74, 6) is 1.66. The fourth-order valence-electron chi connectivity index (χ4n) is 6.33. The Kier molecular flexibility index (Phi) is 8.63. The molecular formula is C34H35ClFN7O2S. The van der Waals surface area contributed by atoms with Crippen molar-refractivity contribution in [1.82, 2.24) is 29.5 Å². The summed E-state index contributed by atoms with van der Waals surface area (Å²) in [6.45, 7) is 3.15. The van der Waals surface area contributed by atoms with Crippen molar-refractivity contribution in [2.75, 3.05) is 39.0 Å². The number of thiophene rings is 1. The van der Waals surface area contributed by atoms with Crippen LogP contribution in [0.2, 0.25) is 5.02 Å². The van der Waals surface area contributed by atoms with E-state index in [1.54, 1.807) is 35.9 Å². The lowest BCUT2D eigenvalue weighted by Crippen LogP contribution is -2.43. The zero-order valence-corrected chi connectivity index (χ0v) is 27.4. The second-order valence-corrected chi connectivity index (χ2v) is 13.7. The van der Waals surface area contributed by atoms with Crippen molar-refractivity contribution in [3.63, 3.8) is 0 Å². The molecule has 1 N–H and O–H groups in total. The smallest absolute Gasteiger partial charge is 0.236 e. The molecule has 1 saturated heterocycles. The number of halogens is 2. The van der Waals surface area contributed by atoms with Gasteiger partial charge in [-0.25, -0.2) is 14.4 Å². The number of amides is 1. The largest absolute Gasteiger partial charge is 0.487 e. The molecule has 3 aromatic heterocycles. The minimum Gasteiger partial charge on any atom is -0.487 e. The van der Waals surface area contributed by atoms with Crippen molar-refractivity contribution < 1.29 is 13.9 Å². The molecular weight excluding hydrogens is 625 g/mol. The van der Waals surface area contributed by atoms with Gasteiger partial charge in [0.05, 0.1) is 22.6 Å². The van der Waals surface area contributed by atoms with Crippen LogP contribution in [0.25, 0.3) is 20.7 Å². The predicted octanol–water partition coefficient (Wildman–Crippen LogP) is 6.57. The molecule has 0 atom stereocenters. The van der Waals surface area contributed by atoms with E-state index in [0.717, 1.165) is 78.3 Å². The summed E-state index contributed by atoms with van der Waals surface area (Å²) in [6, 6.07) is 11.8. The van der Waals surface area contributed by atoms with E-state index in [2.05, 4.69) is 26.2 Å². The Morgan fingerprint density at radius 2 is 2.00 bits per heavy atom. The van der Waals surface area contributed by atoms with Crippen LogP contribution in [0, 0.1) is 11.7 Å². The van der Waals surface area contributed by atoms with Crippen LogP contribution in [0.4, 0.5) is 15.9 Å². The van der Waals surface area contributed by atoms with Gasteiger partial charge >= 0.3 is 0 Å². The molecule has 0 spiro atoms. The fraction of sp³-hybridized carbons (Fsp3) is 0.353. The number of benzene rings is 2. The van der Waals surface area contributed by atoms with Gasteiger partial charge in [0.15, 0.2) is 0 Å². The van der Waals surface area contributed by atoms with Crippen molar-refractivity contribution in [3.8, 4) is 16.2 Å². The van der Waals surface area contributed by atoms with Gasteiger partial charge in [-0.2, -0.15) is 5.10 Å². The molecule has 5 aromatic rings. The van der Waals surface area contributed by atoms with Crippen molar-refractivity contribution in [3.05, 3.63) is 82.6 Å². The van der Waals surface area contributed by atoms with Crippen LogP contribution in [0.3, 0.4) is 0 Å². The number of aromatic nitrogens is 4. The average molecular weight is 660 g/mol. The lowest BCUT2D eigenvalue weighted by Gasteiger charge is -2.32. The highest BCUT2D eigenvalue weighted by molar-refractivity contribution is 7.22. The van der Waals surface area contributed by atoms with Crippen LogP contribution in [0.5, 0.6) is 5.75 Å². The number of ether oxygens (including phenoxy) is 1. The standard InChI is InChI=1S/C34H35ClFN7O2S/c1-41(2)18-30(44)42-12-10-21(11-13-42)16-43-17-26-28(40-43)8-7-25-31-33(37-20-38-34(31)46-32(25)26)39-24-6-9-29(27(35)15-24)45-19-22-4-3-5-23(36)14-22/h3-6,9,14-15,17,20-21H,7-8,10-13,16,18-19H2,1-2H3,(H,37,38,39). The molecule has 0 radical (unpaired) electrons. The van der Waals surface area contributed by atoms with E-state index in [4.69, 9.17) is 21.4 Å². The monoisotopic (exact) mass is 659 g/mol. The number of hydrogen-bond donors (Lipinski definition) is 1. The Hall–Kier alpha value is -4.06. The maximum absolute atomic E-state index is 13.5. The summed E-state index contributed by atoms with van der Waals surface area (Å²) in [5, 5.41) is 9.92. The van der Waals surface area contributed by atoms with E-state index in [9.17, 15) is 9.18 Å².